The quantitative estimate of drug-likeness (QED) is 0.351. The van der Waals surface area contributed by atoms with Crippen molar-refractivity contribution in [3.05, 3.63) is 107 Å². The number of aromatic nitrogens is 1. The second kappa shape index (κ2) is 12.7. The Morgan fingerprint density at radius 3 is 2.67 bits per heavy atom. The monoisotopic (exact) mass is 577 g/mol. The number of nitrogens with two attached hydrogens (primary N) is 1. The van der Waals surface area contributed by atoms with Crippen LogP contribution in [0, 0.1) is 6.92 Å². The third-order valence-corrected chi connectivity index (χ3v) is 7.58. The highest BCUT2D eigenvalue weighted by Crippen LogP contribution is 2.30. The van der Waals surface area contributed by atoms with Crippen LogP contribution in [-0.2, 0) is 6.54 Å². The highest BCUT2D eigenvalue weighted by atomic mass is 19.4. The number of pyridine rings is 1. The standard InChI is InChI=1S/C32H34F3N5O2/c1-22-7-8-24(19-28(22)23-9-11-26(36)12-10-23)31(41)38-27-13-14-30(37-20-27)40-16-4-15-39(17-18-40)21-25-5-2-3-6-29(25)42-32(33,34)35/h2-3,5-9,11-14,19-20,23H,4,10,15-18,21,36H2,1H3,(H,38,41). The van der Waals surface area contributed by atoms with Gasteiger partial charge in [-0.25, -0.2) is 4.98 Å². The van der Waals surface area contributed by atoms with Crippen LogP contribution in [0.5, 0.6) is 5.75 Å². The molecule has 42 heavy (non-hydrogen) atoms. The van der Waals surface area contributed by atoms with Gasteiger partial charge < -0.3 is 20.7 Å². The van der Waals surface area contributed by atoms with Gasteiger partial charge in [-0.3, -0.25) is 9.69 Å². The predicted molar refractivity (Wildman–Crippen MR) is 157 cm³/mol. The van der Waals surface area contributed by atoms with Crippen LogP contribution in [0.2, 0.25) is 0 Å². The van der Waals surface area contributed by atoms with Crippen molar-refractivity contribution in [2.75, 3.05) is 36.4 Å². The average Bonchev–Trinajstić information content (AvgIpc) is 3.20. The molecule has 1 unspecified atom stereocenters. The second-order valence-corrected chi connectivity index (χ2v) is 10.6. The SMILES string of the molecule is Cc1ccc(C(=O)Nc2ccc(N3CCCN(Cc4ccccc4OC(F)(F)F)CC3)nc2)cc1C1C=CC(N)=CC1. The molecule has 0 saturated carbocycles. The lowest BCUT2D eigenvalue weighted by Gasteiger charge is -2.23. The lowest BCUT2D eigenvalue weighted by atomic mass is 9.88. The fraction of sp³-hybridized carbons (Fsp3) is 0.312. The Bertz CT molecular complexity index is 1470. The molecule has 2 aromatic carbocycles. The number of nitrogens with one attached hydrogen (secondary N) is 1. The van der Waals surface area contributed by atoms with Crippen molar-refractivity contribution in [3.63, 3.8) is 0 Å². The number of halogens is 3. The van der Waals surface area contributed by atoms with E-state index in [1.807, 2.05) is 49.4 Å². The van der Waals surface area contributed by atoms with Gasteiger partial charge in [0.2, 0.25) is 0 Å². The van der Waals surface area contributed by atoms with Crippen molar-refractivity contribution in [1.29, 1.82) is 0 Å². The summed E-state index contributed by atoms with van der Waals surface area (Å²) in [6, 6.07) is 15.7. The molecule has 1 aliphatic carbocycles. The first-order valence-electron chi connectivity index (χ1n) is 14.0. The highest BCUT2D eigenvalue weighted by molar-refractivity contribution is 6.04. The van der Waals surface area contributed by atoms with Gasteiger partial charge >= 0.3 is 6.36 Å². The molecule has 1 aliphatic heterocycles. The zero-order valence-corrected chi connectivity index (χ0v) is 23.4. The normalized spacial score (nSPS) is 17.9. The molecule has 0 bridgehead atoms. The maximum atomic E-state index is 13.1. The molecular weight excluding hydrogens is 543 g/mol. The van der Waals surface area contributed by atoms with Crippen LogP contribution in [0.15, 0.2) is 84.7 Å². The van der Waals surface area contributed by atoms with Crippen LogP contribution in [0.1, 0.15) is 45.8 Å². The van der Waals surface area contributed by atoms with Gasteiger partial charge in [0.15, 0.2) is 0 Å². The number of hydrogen-bond donors (Lipinski definition) is 2. The Morgan fingerprint density at radius 2 is 1.93 bits per heavy atom. The molecule has 0 spiro atoms. The van der Waals surface area contributed by atoms with Gasteiger partial charge in [0.05, 0.1) is 11.9 Å². The minimum absolute atomic E-state index is 0.166. The van der Waals surface area contributed by atoms with Crippen LogP contribution in [0.4, 0.5) is 24.7 Å². The molecule has 1 amide bonds. The summed E-state index contributed by atoms with van der Waals surface area (Å²) in [4.78, 5) is 21.9. The minimum atomic E-state index is -4.73. The number of carbonyl (C=O) groups excluding carboxylic acids is 1. The van der Waals surface area contributed by atoms with Crippen LogP contribution in [0.3, 0.4) is 0 Å². The predicted octanol–water partition coefficient (Wildman–Crippen LogP) is 6.14. The van der Waals surface area contributed by atoms with Crippen molar-refractivity contribution in [1.82, 2.24) is 9.88 Å². The number of aryl methyl sites for hydroxylation is 1. The number of rotatable bonds is 7. The number of amides is 1. The molecule has 2 aliphatic rings. The summed E-state index contributed by atoms with van der Waals surface area (Å²) in [6.45, 7) is 5.24. The van der Waals surface area contributed by atoms with Gasteiger partial charge in [0.25, 0.3) is 5.91 Å². The van der Waals surface area contributed by atoms with E-state index in [0.717, 1.165) is 48.6 Å². The van der Waals surface area contributed by atoms with E-state index >= 15 is 0 Å². The third kappa shape index (κ3) is 7.50. The van der Waals surface area contributed by atoms with E-state index in [-0.39, 0.29) is 17.6 Å². The fourth-order valence-corrected chi connectivity index (χ4v) is 5.36. The first-order valence-corrected chi connectivity index (χ1v) is 14.0. The topological polar surface area (TPSA) is 83.7 Å². The Kier molecular flexibility index (Phi) is 8.82. The molecule has 2 heterocycles. The molecule has 0 radical (unpaired) electrons. The number of ether oxygens (including phenoxy) is 1. The summed E-state index contributed by atoms with van der Waals surface area (Å²) in [5, 5.41) is 2.94. The molecule has 7 nitrogen and oxygen atoms in total. The molecule has 1 fully saturated rings. The molecule has 3 aromatic rings. The number of carbonyl (C=O) groups is 1. The average molecular weight is 578 g/mol. The van der Waals surface area contributed by atoms with Crippen molar-refractivity contribution in [2.24, 2.45) is 5.73 Å². The van der Waals surface area contributed by atoms with Crippen molar-refractivity contribution in [3.8, 4) is 5.75 Å². The molecule has 5 rings (SSSR count). The Hall–Kier alpha value is -4.31. The largest absolute Gasteiger partial charge is 0.573 e. The van der Waals surface area contributed by atoms with E-state index in [2.05, 4.69) is 30.9 Å². The molecule has 1 saturated heterocycles. The summed E-state index contributed by atoms with van der Waals surface area (Å²) in [5.74, 6) is 0.587. The first kappa shape index (κ1) is 29.2. The fourth-order valence-electron chi connectivity index (χ4n) is 5.36. The lowest BCUT2D eigenvalue weighted by molar-refractivity contribution is -0.275. The summed E-state index contributed by atoms with van der Waals surface area (Å²) in [6.07, 6.45) is 4.52. The van der Waals surface area contributed by atoms with E-state index in [1.165, 1.54) is 12.1 Å². The third-order valence-electron chi connectivity index (χ3n) is 7.58. The minimum Gasteiger partial charge on any atom is -0.405 e. The number of nitrogens with zero attached hydrogens (tertiary/aromatic N) is 3. The van der Waals surface area contributed by atoms with Crippen molar-refractivity contribution < 1.29 is 22.7 Å². The first-order chi connectivity index (χ1) is 20.1. The molecule has 1 atom stereocenters. The van der Waals surface area contributed by atoms with Crippen LogP contribution in [-0.4, -0.2) is 48.3 Å². The van der Waals surface area contributed by atoms with Gasteiger partial charge in [-0.15, -0.1) is 13.2 Å². The summed E-state index contributed by atoms with van der Waals surface area (Å²) >= 11 is 0. The summed E-state index contributed by atoms with van der Waals surface area (Å²) in [5.41, 5.74) is 10.5. The molecular formula is C32H34F3N5O2. The Morgan fingerprint density at radius 1 is 1.10 bits per heavy atom. The van der Waals surface area contributed by atoms with E-state index in [4.69, 9.17) is 5.73 Å². The van der Waals surface area contributed by atoms with E-state index in [1.54, 1.807) is 18.3 Å². The Balaban J connectivity index is 1.18. The number of benzene rings is 2. The number of allylic oxidation sites excluding steroid dienone is 3. The smallest absolute Gasteiger partial charge is 0.405 e. The number of hydrogen-bond acceptors (Lipinski definition) is 6. The molecule has 3 N–H and O–H groups in total. The highest BCUT2D eigenvalue weighted by Gasteiger charge is 2.32. The molecule has 10 heteroatoms. The number of para-hydroxylation sites is 1. The van der Waals surface area contributed by atoms with E-state index in [0.29, 0.717) is 36.4 Å². The summed E-state index contributed by atoms with van der Waals surface area (Å²) in [7, 11) is 0. The zero-order chi connectivity index (χ0) is 29.7. The maximum Gasteiger partial charge on any atom is 0.573 e. The van der Waals surface area contributed by atoms with Gasteiger partial charge in [-0.2, -0.15) is 0 Å². The second-order valence-electron chi connectivity index (χ2n) is 10.6. The van der Waals surface area contributed by atoms with Gasteiger partial charge in [-0.05, 0) is 67.3 Å². The van der Waals surface area contributed by atoms with Crippen LogP contribution >= 0.6 is 0 Å². The van der Waals surface area contributed by atoms with Gasteiger partial charge in [0.1, 0.15) is 11.6 Å². The molecule has 220 valence electrons. The van der Waals surface area contributed by atoms with Crippen molar-refractivity contribution in [2.45, 2.75) is 38.6 Å². The van der Waals surface area contributed by atoms with E-state index < -0.39 is 6.36 Å². The zero-order valence-electron chi connectivity index (χ0n) is 23.4. The van der Waals surface area contributed by atoms with Gasteiger partial charge in [-0.1, -0.05) is 36.4 Å². The van der Waals surface area contributed by atoms with E-state index in [9.17, 15) is 18.0 Å². The van der Waals surface area contributed by atoms with Crippen molar-refractivity contribution >= 4 is 17.4 Å². The lowest BCUT2D eigenvalue weighted by Crippen LogP contribution is -2.31. The molecule has 1 aromatic heterocycles. The van der Waals surface area contributed by atoms with Crippen LogP contribution in [0.25, 0.3) is 0 Å². The number of anilines is 2. The van der Waals surface area contributed by atoms with Gasteiger partial charge in [0, 0.05) is 55.5 Å². The van der Waals surface area contributed by atoms with Crippen LogP contribution < -0.4 is 20.7 Å². The maximum absolute atomic E-state index is 13.1. The number of alkyl halides is 3. The Labute approximate surface area is 243 Å². The summed E-state index contributed by atoms with van der Waals surface area (Å²) < 4.78 is 42.7.